The van der Waals surface area contributed by atoms with Gasteiger partial charge < -0.3 is 9.26 Å². The summed E-state index contributed by atoms with van der Waals surface area (Å²) in [7, 11) is 1.63. The third kappa shape index (κ3) is 2.21. The number of rotatable bonds is 2. The smallest absolute Gasteiger partial charge is 0.169 e. The van der Waals surface area contributed by atoms with Crippen molar-refractivity contribution in [2.75, 3.05) is 7.11 Å². The van der Waals surface area contributed by atoms with Crippen LogP contribution in [-0.4, -0.2) is 18.0 Å². The van der Waals surface area contributed by atoms with Crippen molar-refractivity contribution in [1.29, 1.82) is 0 Å². The summed E-state index contributed by atoms with van der Waals surface area (Å²) >= 11 is 0. The molecule has 24 heavy (non-hydrogen) atoms. The molecule has 0 amide bonds. The van der Waals surface area contributed by atoms with Gasteiger partial charge in [0.15, 0.2) is 5.78 Å². The van der Waals surface area contributed by atoms with Gasteiger partial charge in [-0.25, -0.2) is 0 Å². The van der Waals surface area contributed by atoms with Gasteiger partial charge in [0.1, 0.15) is 17.2 Å². The summed E-state index contributed by atoms with van der Waals surface area (Å²) in [5, 5.41) is 6.35. The van der Waals surface area contributed by atoms with Crippen LogP contribution in [0.4, 0.5) is 0 Å². The van der Waals surface area contributed by atoms with Crippen LogP contribution in [0.25, 0.3) is 22.0 Å². The average molecular weight is 321 g/mol. The Kier molecular flexibility index (Phi) is 3.23. The van der Waals surface area contributed by atoms with Gasteiger partial charge in [0, 0.05) is 12.8 Å². The Morgan fingerprint density at radius 1 is 1.08 bits per heavy atom. The average Bonchev–Trinajstić information content (AvgIpc) is 2.95. The summed E-state index contributed by atoms with van der Waals surface area (Å²) in [5.74, 6) is 1.47. The normalized spacial score (nSPS) is 16.2. The molecule has 0 bridgehead atoms. The molecule has 0 aliphatic heterocycles. The van der Waals surface area contributed by atoms with Crippen molar-refractivity contribution in [1.82, 2.24) is 5.16 Å². The summed E-state index contributed by atoms with van der Waals surface area (Å²) in [4.78, 5) is 12.8. The zero-order valence-corrected chi connectivity index (χ0v) is 14.1. The Labute approximate surface area is 140 Å². The second-order valence-corrected chi connectivity index (χ2v) is 7.13. The molecule has 1 aromatic heterocycles. The number of aromatic nitrogens is 1. The van der Waals surface area contributed by atoms with Crippen LogP contribution in [0.1, 0.15) is 36.4 Å². The number of fused-ring (bicyclic) bond motifs is 2. The third-order valence-corrected chi connectivity index (χ3v) is 4.67. The molecular weight excluding hydrogens is 302 g/mol. The number of carbonyl (C=O) groups is 1. The van der Waals surface area contributed by atoms with Gasteiger partial charge in [0.25, 0.3) is 0 Å². The Morgan fingerprint density at radius 2 is 1.88 bits per heavy atom. The monoisotopic (exact) mass is 321 g/mol. The van der Waals surface area contributed by atoms with Gasteiger partial charge in [-0.3, -0.25) is 4.79 Å². The SMILES string of the molecule is COc1ccc2ccccc2c1-c1noc2c1C(=O)CC(C)(C)C2. The largest absolute Gasteiger partial charge is 0.496 e. The molecule has 0 unspecified atom stereocenters. The lowest BCUT2D eigenvalue weighted by Gasteiger charge is -2.26. The fourth-order valence-electron chi connectivity index (χ4n) is 3.59. The molecule has 2 aromatic carbocycles. The first-order valence-electron chi connectivity index (χ1n) is 8.08. The second kappa shape index (κ2) is 5.20. The predicted octanol–water partition coefficient (Wildman–Crippen LogP) is 4.66. The lowest BCUT2D eigenvalue weighted by Crippen LogP contribution is -2.26. The van der Waals surface area contributed by atoms with E-state index < -0.39 is 0 Å². The van der Waals surface area contributed by atoms with Crippen molar-refractivity contribution in [3.05, 3.63) is 47.7 Å². The molecule has 0 atom stereocenters. The molecule has 0 saturated heterocycles. The topological polar surface area (TPSA) is 52.3 Å². The number of hydrogen-bond acceptors (Lipinski definition) is 4. The number of Topliss-reactive ketones (excluding diaryl/α,β-unsaturated/α-hetero) is 1. The Balaban J connectivity index is 2.01. The highest BCUT2D eigenvalue weighted by Gasteiger charge is 2.37. The van der Waals surface area contributed by atoms with Gasteiger partial charge in [-0.15, -0.1) is 0 Å². The van der Waals surface area contributed by atoms with Crippen molar-refractivity contribution < 1.29 is 14.1 Å². The lowest BCUT2D eigenvalue weighted by molar-refractivity contribution is 0.0902. The van der Waals surface area contributed by atoms with E-state index >= 15 is 0 Å². The number of ether oxygens (including phenoxy) is 1. The maximum atomic E-state index is 12.8. The second-order valence-electron chi connectivity index (χ2n) is 7.13. The molecule has 0 radical (unpaired) electrons. The van der Waals surface area contributed by atoms with Crippen LogP contribution in [0.2, 0.25) is 0 Å². The molecule has 1 aliphatic carbocycles. The fourth-order valence-corrected chi connectivity index (χ4v) is 3.59. The number of methoxy groups -OCH3 is 1. The van der Waals surface area contributed by atoms with Gasteiger partial charge >= 0.3 is 0 Å². The van der Waals surface area contributed by atoms with E-state index in [1.165, 1.54) is 0 Å². The van der Waals surface area contributed by atoms with Gasteiger partial charge in [-0.05, 0) is 22.3 Å². The number of benzene rings is 2. The Hall–Kier alpha value is -2.62. The lowest BCUT2D eigenvalue weighted by atomic mass is 9.75. The zero-order chi connectivity index (χ0) is 16.9. The summed E-state index contributed by atoms with van der Waals surface area (Å²) < 4.78 is 11.1. The molecule has 122 valence electrons. The van der Waals surface area contributed by atoms with E-state index in [2.05, 4.69) is 19.0 Å². The van der Waals surface area contributed by atoms with E-state index in [-0.39, 0.29) is 11.2 Å². The minimum atomic E-state index is -0.0935. The summed E-state index contributed by atoms with van der Waals surface area (Å²) in [6.45, 7) is 4.16. The molecular formula is C20H19NO3. The fraction of sp³-hybridized carbons (Fsp3) is 0.300. The minimum Gasteiger partial charge on any atom is -0.496 e. The first-order chi connectivity index (χ1) is 11.5. The molecule has 0 fully saturated rings. The quantitative estimate of drug-likeness (QED) is 0.689. The van der Waals surface area contributed by atoms with Crippen LogP contribution < -0.4 is 4.74 Å². The van der Waals surface area contributed by atoms with Gasteiger partial charge in [0.2, 0.25) is 0 Å². The van der Waals surface area contributed by atoms with E-state index in [0.717, 1.165) is 16.3 Å². The van der Waals surface area contributed by atoms with Crippen molar-refractivity contribution in [3.8, 4) is 17.0 Å². The molecule has 1 aliphatic rings. The Bertz CT molecular complexity index is 953. The predicted molar refractivity (Wildman–Crippen MR) is 92.4 cm³/mol. The molecule has 0 spiro atoms. The van der Waals surface area contributed by atoms with Crippen LogP contribution in [0.5, 0.6) is 5.75 Å². The molecule has 0 N–H and O–H groups in total. The maximum absolute atomic E-state index is 12.8. The molecule has 3 aromatic rings. The summed E-state index contributed by atoms with van der Waals surface area (Å²) in [5.41, 5.74) is 1.95. The molecule has 4 nitrogen and oxygen atoms in total. The van der Waals surface area contributed by atoms with Crippen molar-refractivity contribution in [2.24, 2.45) is 5.41 Å². The summed E-state index contributed by atoms with van der Waals surface area (Å²) in [6, 6.07) is 11.9. The molecule has 1 heterocycles. The molecule has 4 rings (SSSR count). The van der Waals surface area contributed by atoms with E-state index in [0.29, 0.717) is 35.6 Å². The number of carbonyl (C=O) groups excluding carboxylic acids is 1. The standard InChI is InChI=1S/C20H19NO3/c1-20(2)10-14(22)18-16(11-20)24-21-19(18)17-13-7-5-4-6-12(13)8-9-15(17)23-3/h4-9H,10-11H2,1-3H3. The zero-order valence-electron chi connectivity index (χ0n) is 14.1. The van der Waals surface area contributed by atoms with E-state index in [1.54, 1.807) is 7.11 Å². The Morgan fingerprint density at radius 3 is 2.67 bits per heavy atom. The number of nitrogens with zero attached hydrogens (tertiary/aromatic N) is 1. The number of hydrogen-bond donors (Lipinski definition) is 0. The highest BCUT2D eigenvalue weighted by Crippen LogP contribution is 2.43. The highest BCUT2D eigenvalue weighted by molar-refractivity contribution is 6.08. The summed E-state index contributed by atoms with van der Waals surface area (Å²) in [6.07, 6.45) is 1.22. The van der Waals surface area contributed by atoms with E-state index in [9.17, 15) is 4.79 Å². The van der Waals surface area contributed by atoms with E-state index in [4.69, 9.17) is 9.26 Å². The highest BCUT2D eigenvalue weighted by atomic mass is 16.5. The van der Waals surface area contributed by atoms with Crippen molar-refractivity contribution in [3.63, 3.8) is 0 Å². The molecule has 0 saturated carbocycles. The first kappa shape index (κ1) is 14.9. The third-order valence-electron chi connectivity index (χ3n) is 4.67. The van der Waals surface area contributed by atoms with Crippen molar-refractivity contribution in [2.45, 2.75) is 26.7 Å². The van der Waals surface area contributed by atoms with Crippen LogP contribution in [0.15, 0.2) is 40.9 Å². The minimum absolute atomic E-state index is 0.0903. The van der Waals surface area contributed by atoms with Crippen LogP contribution >= 0.6 is 0 Å². The van der Waals surface area contributed by atoms with Gasteiger partial charge in [-0.2, -0.15) is 0 Å². The van der Waals surface area contributed by atoms with Crippen LogP contribution in [0.3, 0.4) is 0 Å². The number of ketones is 1. The molecule has 4 heteroatoms. The van der Waals surface area contributed by atoms with Crippen LogP contribution in [-0.2, 0) is 6.42 Å². The maximum Gasteiger partial charge on any atom is 0.169 e. The van der Waals surface area contributed by atoms with Gasteiger partial charge in [-0.1, -0.05) is 49.3 Å². The van der Waals surface area contributed by atoms with Crippen LogP contribution in [0, 0.1) is 5.41 Å². The van der Waals surface area contributed by atoms with E-state index in [1.807, 2.05) is 36.4 Å². The first-order valence-corrected chi connectivity index (χ1v) is 8.08. The van der Waals surface area contributed by atoms with Gasteiger partial charge in [0.05, 0.1) is 18.2 Å². The van der Waals surface area contributed by atoms with Crippen molar-refractivity contribution >= 4 is 16.6 Å².